The maximum atomic E-state index is 11.5. The van der Waals surface area contributed by atoms with Crippen molar-refractivity contribution in [2.45, 2.75) is 26.3 Å². The van der Waals surface area contributed by atoms with Crippen molar-refractivity contribution in [2.75, 3.05) is 6.54 Å². The van der Waals surface area contributed by atoms with Crippen molar-refractivity contribution >= 4 is 23.3 Å². The summed E-state index contributed by atoms with van der Waals surface area (Å²) >= 11 is 1.52. The van der Waals surface area contributed by atoms with Crippen LogP contribution in [0.25, 0.3) is 0 Å². The van der Waals surface area contributed by atoms with Gasteiger partial charge in [0.05, 0.1) is 17.0 Å². The van der Waals surface area contributed by atoms with Crippen molar-refractivity contribution in [3.8, 4) is 0 Å². The van der Waals surface area contributed by atoms with Crippen LogP contribution in [0, 0.1) is 12.3 Å². The van der Waals surface area contributed by atoms with Gasteiger partial charge in [-0.05, 0) is 19.8 Å². The van der Waals surface area contributed by atoms with Gasteiger partial charge < -0.3 is 15.7 Å². The van der Waals surface area contributed by atoms with E-state index in [2.05, 4.69) is 15.6 Å². The first-order valence-corrected chi connectivity index (χ1v) is 6.50. The SMILES string of the molecule is Cc1ncc(CNC(=O)NCC2(C(=O)O)CC2)s1. The third kappa shape index (κ3) is 2.98. The number of aryl methyl sites for hydroxylation is 1. The molecule has 1 heterocycles. The van der Waals surface area contributed by atoms with Gasteiger partial charge in [-0.15, -0.1) is 11.3 Å². The van der Waals surface area contributed by atoms with Crippen LogP contribution in [0.2, 0.25) is 0 Å². The van der Waals surface area contributed by atoms with E-state index in [1.54, 1.807) is 6.20 Å². The second-order valence-electron chi connectivity index (χ2n) is 4.47. The summed E-state index contributed by atoms with van der Waals surface area (Å²) in [5, 5.41) is 15.2. The second-order valence-corrected chi connectivity index (χ2v) is 5.79. The summed E-state index contributed by atoms with van der Waals surface area (Å²) in [6.07, 6.45) is 2.99. The van der Waals surface area contributed by atoms with Crippen molar-refractivity contribution in [3.05, 3.63) is 16.1 Å². The van der Waals surface area contributed by atoms with Gasteiger partial charge in [-0.2, -0.15) is 0 Å². The van der Waals surface area contributed by atoms with E-state index in [-0.39, 0.29) is 12.6 Å². The molecule has 0 radical (unpaired) electrons. The molecule has 98 valence electrons. The lowest BCUT2D eigenvalue weighted by Gasteiger charge is -2.11. The first-order valence-electron chi connectivity index (χ1n) is 5.68. The fourth-order valence-electron chi connectivity index (χ4n) is 1.58. The molecular formula is C11H15N3O3S. The highest BCUT2D eigenvalue weighted by Crippen LogP contribution is 2.45. The van der Waals surface area contributed by atoms with Crippen LogP contribution < -0.4 is 10.6 Å². The lowest BCUT2D eigenvalue weighted by atomic mass is 10.1. The zero-order valence-corrected chi connectivity index (χ0v) is 10.8. The number of carbonyl (C=O) groups is 2. The molecule has 6 nitrogen and oxygen atoms in total. The number of nitrogens with one attached hydrogen (secondary N) is 2. The number of hydrogen-bond acceptors (Lipinski definition) is 4. The molecule has 3 N–H and O–H groups in total. The van der Waals surface area contributed by atoms with E-state index < -0.39 is 11.4 Å². The molecule has 0 aromatic carbocycles. The fraction of sp³-hybridized carbons (Fsp3) is 0.545. The number of hydrogen-bond donors (Lipinski definition) is 3. The fourth-order valence-corrected chi connectivity index (χ4v) is 2.32. The van der Waals surface area contributed by atoms with Crippen LogP contribution in [-0.2, 0) is 11.3 Å². The topological polar surface area (TPSA) is 91.3 Å². The molecule has 7 heteroatoms. The molecule has 2 rings (SSSR count). The normalized spacial score (nSPS) is 16.1. The minimum absolute atomic E-state index is 0.190. The van der Waals surface area contributed by atoms with E-state index in [0.717, 1.165) is 9.88 Å². The first kappa shape index (κ1) is 12.8. The predicted molar refractivity (Wildman–Crippen MR) is 66.4 cm³/mol. The van der Waals surface area contributed by atoms with Crippen molar-refractivity contribution in [2.24, 2.45) is 5.41 Å². The quantitative estimate of drug-likeness (QED) is 0.747. The zero-order chi connectivity index (χ0) is 13.2. The maximum Gasteiger partial charge on any atom is 0.315 e. The van der Waals surface area contributed by atoms with Gasteiger partial charge >= 0.3 is 12.0 Å². The Morgan fingerprint density at radius 2 is 2.22 bits per heavy atom. The van der Waals surface area contributed by atoms with E-state index in [1.807, 2.05) is 6.92 Å². The smallest absolute Gasteiger partial charge is 0.315 e. The minimum atomic E-state index is -0.833. The number of thiazole rings is 1. The Morgan fingerprint density at radius 3 is 2.72 bits per heavy atom. The van der Waals surface area contributed by atoms with Crippen molar-refractivity contribution in [1.29, 1.82) is 0 Å². The van der Waals surface area contributed by atoms with Crippen LogP contribution in [0.15, 0.2) is 6.20 Å². The molecule has 1 saturated carbocycles. The number of carbonyl (C=O) groups excluding carboxylic acids is 1. The molecule has 1 fully saturated rings. The van der Waals surface area contributed by atoms with E-state index in [9.17, 15) is 9.59 Å². The molecule has 1 aliphatic carbocycles. The largest absolute Gasteiger partial charge is 0.481 e. The van der Waals surface area contributed by atoms with Gasteiger partial charge in [-0.25, -0.2) is 9.78 Å². The van der Waals surface area contributed by atoms with Gasteiger partial charge in [-0.3, -0.25) is 4.79 Å². The monoisotopic (exact) mass is 269 g/mol. The molecule has 2 amide bonds. The van der Waals surface area contributed by atoms with Gasteiger partial charge in [0.1, 0.15) is 0 Å². The first-order chi connectivity index (χ1) is 8.52. The molecule has 1 aliphatic rings. The standard InChI is InChI=1S/C11H15N3O3S/c1-7-12-4-8(18-7)5-13-10(17)14-6-11(2-3-11)9(15)16/h4H,2-3,5-6H2,1H3,(H,15,16)(H2,13,14,17). The highest BCUT2D eigenvalue weighted by Gasteiger charge is 2.50. The average molecular weight is 269 g/mol. The highest BCUT2D eigenvalue weighted by molar-refractivity contribution is 7.11. The van der Waals surface area contributed by atoms with Crippen LogP contribution >= 0.6 is 11.3 Å². The number of aromatic nitrogens is 1. The van der Waals surface area contributed by atoms with Gasteiger partial charge in [0, 0.05) is 17.6 Å². The van der Waals surface area contributed by atoms with Crippen molar-refractivity contribution in [3.63, 3.8) is 0 Å². The summed E-state index contributed by atoms with van der Waals surface area (Å²) < 4.78 is 0. The Balaban J connectivity index is 1.71. The van der Waals surface area contributed by atoms with Crippen LogP contribution in [-0.4, -0.2) is 28.6 Å². The molecule has 0 spiro atoms. The molecule has 0 aliphatic heterocycles. The van der Waals surface area contributed by atoms with E-state index in [1.165, 1.54) is 11.3 Å². The maximum absolute atomic E-state index is 11.5. The van der Waals surface area contributed by atoms with Crippen LogP contribution in [0.5, 0.6) is 0 Å². The highest BCUT2D eigenvalue weighted by atomic mass is 32.1. The Morgan fingerprint density at radius 1 is 1.50 bits per heavy atom. The Hall–Kier alpha value is -1.63. The summed E-state index contributed by atoms with van der Waals surface area (Å²) in [5.41, 5.74) is -0.724. The summed E-state index contributed by atoms with van der Waals surface area (Å²) in [7, 11) is 0. The Labute approximate surface area is 108 Å². The van der Waals surface area contributed by atoms with Crippen LogP contribution in [0.3, 0.4) is 0 Å². The van der Waals surface area contributed by atoms with Crippen LogP contribution in [0.1, 0.15) is 22.7 Å². The number of amides is 2. The minimum Gasteiger partial charge on any atom is -0.481 e. The van der Waals surface area contributed by atoms with Crippen molar-refractivity contribution in [1.82, 2.24) is 15.6 Å². The van der Waals surface area contributed by atoms with E-state index >= 15 is 0 Å². The van der Waals surface area contributed by atoms with Crippen molar-refractivity contribution < 1.29 is 14.7 Å². The number of aliphatic carboxylic acids is 1. The molecule has 1 aromatic heterocycles. The van der Waals surface area contributed by atoms with Gasteiger partial charge in [0.2, 0.25) is 0 Å². The van der Waals surface area contributed by atoms with Crippen LogP contribution in [0.4, 0.5) is 4.79 Å². The molecule has 0 saturated heterocycles. The predicted octanol–water partition coefficient (Wildman–Crippen LogP) is 1.12. The molecular weight excluding hydrogens is 254 g/mol. The third-order valence-corrected chi connectivity index (χ3v) is 3.90. The third-order valence-electron chi connectivity index (χ3n) is 2.99. The van der Waals surface area contributed by atoms with Gasteiger partial charge in [0.25, 0.3) is 0 Å². The summed E-state index contributed by atoms with van der Waals surface area (Å²) in [6.45, 7) is 2.51. The molecule has 0 bridgehead atoms. The number of rotatable bonds is 5. The number of urea groups is 1. The number of carboxylic acids is 1. The zero-order valence-electron chi connectivity index (χ0n) is 10.0. The molecule has 0 unspecified atom stereocenters. The molecule has 18 heavy (non-hydrogen) atoms. The second kappa shape index (κ2) is 4.93. The summed E-state index contributed by atoms with van der Waals surface area (Å²) in [6, 6.07) is -0.339. The Kier molecular flexibility index (Phi) is 3.51. The van der Waals surface area contributed by atoms with Gasteiger partial charge in [-0.1, -0.05) is 0 Å². The summed E-state index contributed by atoms with van der Waals surface area (Å²) in [4.78, 5) is 27.4. The Bertz CT molecular complexity index is 468. The van der Waals surface area contributed by atoms with E-state index in [0.29, 0.717) is 19.4 Å². The number of carboxylic acid groups (broad SMARTS) is 1. The number of nitrogens with zero attached hydrogens (tertiary/aromatic N) is 1. The average Bonchev–Trinajstić information content (AvgIpc) is 3.02. The van der Waals surface area contributed by atoms with Gasteiger partial charge in [0.15, 0.2) is 0 Å². The van der Waals surface area contributed by atoms with E-state index in [4.69, 9.17) is 5.11 Å². The molecule has 0 atom stereocenters. The lowest BCUT2D eigenvalue weighted by molar-refractivity contribution is -0.143. The summed E-state index contributed by atoms with van der Waals surface area (Å²) in [5.74, 6) is -0.833. The lowest BCUT2D eigenvalue weighted by Crippen LogP contribution is -2.40. The molecule has 1 aromatic rings.